The van der Waals surface area contributed by atoms with Gasteiger partial charge in [-0.05, 0) is 24.5 Å². The third-order valence-electron chi connectivity index (χ3n) is 2.66. The molecule has 0 atom stereocenters. The van der Waals surface area contributed by atoms with Gasteiger partial charge < -0.3 is 15.5 Å². The Morgan fingerprint density at radius 1 is 1.47 bits per heavy atom. The summed E-state index contributed by atoms with van der Waals surface area (Å²) in [5.74, 6) is 5.96. The number of anilines is 1. The van der Waals surface area contributed by atoms with E-state index in [4.69, 9.17) is 10.6 Å². The van der Waals surface area contributed by atoms with Crippen LogP contribution >= 0.6 is 0 Å². The predicted octanol–water partition coefficient (Wildman–Crippen LogP) is 1.26. The van der Waals surface area contributed by atoms with Crippen LogP contribution in [0, 0.1) is 0 Å². The zero-order valence-electron chi connectivity index (χ0n) is 11.7. The fourth-order valence-corrected chi connectivity index (χ4v) is 1.57. The first-order valence-corrected chi connectivity index (χ1v) is 6.34. The van der Waals surface area contributed by atoms with Crippen LogP contribution in [-0.2, 0) is 4.74 Å². The molecule has 0 saturated carbocycles. The molecule has 0 fully saturated rings. The fourth-order valence-electron chi connectivity index (χ4n) is 1.57. The number of carbonyl (C=O) groups excluding carboxylic acids is 1. The van der Waals surface area contributed by atoms with Crippen LogP contribution in [0.1, 0.15) is 42.2 Å². The number of nitrogens with two attached hydrogens (primary N) is 1. The summed E-state index contributed by atoms with van der Waals surface area (Å²) in [5.41, 5.74) is 3.87. The van der Waals surface area contributed by atoms with Gasteiger partial charge in [0.25, 0.3) is 5.91 Å². The number of hydrazine groups is 1. The summed E-state index contributed by atoms with van der Waals surface area (Å²) in [6.07, 6.45) is 0.784. The van der Waals surface area contributed by atoms with Gasteiger partial charge in [-0.2, -0.15) is 0 Å². The minimum Gasteiger partial charge on any atom is -0.385 e. The topological polar surface area (TPSA) is 89.3 Å². The van der Waals surface area contributed by atoms with Crippen LogP contribution in [-0.4, -0.2) is 31.2 Å². The summed E-state index contributed by atoms with van der Waals surface area (Å²) >= 11 is 0. The van der Waals surface area contributed by atoms with Crippen molar-refractivity contribution in [3.8, 4) is 0 Å². The standard InChI is InChI=1S/C13H22N4O2/c1-9(2)11-7-10(8-12(16-11)17-14)13(18)15-5-4-6-19-3/h7-9H,4-6,14H2,1-3H3,(H,15,18)(H,16,17). The second kappa shape index (κ2) is 7.70. The highest BCUT2D eigenvalue weighted by molar-refractivity contribution is 5.95. The van der Waals surface area contributed by atoms with Crippen molar-refractivity contribution in [2.75, 3.05) is 25.7 Å². The van der Waals surface area contributed by atoms with Crippen molar-refractivity contribution in [3.05, 3.63) is 23.4 Å². The van der Waals surface area contributed by atoms with E-state index in [1.165, 1.54) is 0 Å². The van der Waals surface area contributed by atoms with Gasteiger partial charge in [-0.25, -0.2) is 10.8 Å². The molecule has 1 amide bonds. The molecule has 0 spiro atoms. The first-order chi connectivity index (χ1) is 9.08. The summed E-state index contributed by atoms with van der Waals surface area (Å²) < 4.78 is 4.93. The third-order valence-corrected chi connectivity index (χ3v) is 2.66. The van der Waals surface area contributed by atoms with E-state index >= 15 is 0 Å². The summed E-state index contributed by atoms with van der Waals surface area (Å²) in [4.78, 5) is 16.3. The molecule has 1 heterocycles. The smallest absolute Gasteiger partial charge is 0.251 e. The number of amides is 1. The monoisotopic (exact) mass is 266 g/mol. The molecule has 0 aromatic carbocycles. The molecule has 1 rings (SSSR count). The van der Waals surface area contributed by atoms with E-state index in [1.54, 1.807) is 19.2 Å². The molecular weight excluding hydrogens is 244 g/mol. The number of aromatic nitrogens is 1. The molecule has 0 radical (unpaired) electrons. The number of ether oxygens (including phenoxy) is 1. The van der Waals surface area contributed by atoms with Crippen molar-refractivity contribution in [1.29, 1.82) is 0 Å². The van der Waals surface area contributed by atoms with Crippen LogP contribution < -0.4 is 16.6 Å². The van der Waals surface area contributed by atoms with Crippen LogP contribution in [0.15, 0.2) is 12.1 Å². The van der Waals surface area contributed by atoms with Crippen LogP contribution in [0.5, 0.6) is 0 Å². The Morgan fingerprint density at radius 3 is 2.79 bits per heavy atom. The molecule has 0 saturated heterocycles. The van der Waals surface area contributed by atoms with Gasteiger partial charge in [0, 0.05) is 31.5 Å². The largest absolute Gasteiger partial charge is 0.385 e. The summed E-state index contributed by atoms with van der Waals surface area (Å²) in [6.45, 7) is 5.24. The van der Waals surface area contributed by atoms with Crippen molar-refractivity contribution < 1.29 is 9.53 Å². The Morgan fingerprint density at radius 2 is 2.21 bits per heavy atom. The van der Waals surface area contributed by atoms with Crippen LogP contribution in [0.2, 0.25) is 0 Å². The number of hydrogen-bond donors (Lipinski definition) is 3. The lowest BCUT2D eigenvalue weighted by atomic mass is 10.1. The van der Waals surface area contributed by atoms with Gasteiger partial charge in [0.2, 0.25) is 0 Å². The van der Waals surface area contributed by atoms with Gasteiger partial charge in [0.05, 0.1) is 0 Å². The number of hydrogen-bond acceptors (Lipinski definition) is 5. The average Bonchev–Trinajstić information content (AvgIpc) is 2.42. The lowest BCUT2D eigenvalue weighted by molar-refractivity contribution is 0.0948. The van der Waals surface area contributed by atoms with Crippen molar-refractivity contribution in [2.24, 2.45) is 5.84 Å². The highest BCUT2D eigenvalue weighted by Gasteiger charge is 2.11. The molecule has 6 heteroatoms. The maximum Gasteiger partial charge on any atom is 0.251 e. The molecule has 19 heavy (non-hydrogen) atoms. The second-order valence-corrected chi connectivity index (χ2v) is 4.57. The first-order valence-electron chi connectivity index (χ1n) is 6.34. The Labute approximate surface area is 113 Å². The zero-order chi connectivity index (χ0) is 14.3. The van der Waals surface area contributed by atoms with Gasteiger partial charge in [-0.15, -0.1) is 0 Å². The number of nitrogens with zero attached hydrogens (tertiary/aromatic N) is 1. The molecule has 4 N–H and O–H groups in total. The predicted molar refractivity (Wildman–Crippen MR) is 75.0 cm³/mol. The Hall–Kier alpha value is -1.66. The molecule has 0 unspecified atom stereocenters. The van der Waals surface area contributed by atoms with Crippen molar-refractivity contribution in [1.82, 2.24) is 10.3 Å². The average molecular weight is 266 g/mol. The number of pyridine rings is 1. The van der Waals surface area contributed by atoms with Crippen LogP contribution in [0.25, 0.3) is 0 Å². The third kappa shape index (κ3) is 4.84. The van der Waals surface area contributed by atoms with Crippen LogP contribution in [0.3, 0.4) is 0 Å². The Balaban J connectivity index is 2.75. The van der Waals surface area contributed by atoms with E-state index in [0.717, 1.165) is 12.1 Å². The first kappa shape index (κ1) is 15.4. The van der Waals surface area contributed by atoms with E-state index in [9.17, 15) is 4.79 Å². The molecule has 0 bridgehead atoms. The zero-order valence-corrected chi connectivity index (χ0v) is 11.7. The van der Waals surface area contributed by atoms with Gasteiger partial charge in [0.15, 0.2) is 0 Å². The van der Waals surface area contributed by atoms with Crippen molar-refractivity contribution in [2.45, 2.75) is 26.2 Å². The summed E-state index contributed by atoms with van der Waals surface area (Å²) in [5, 5.41) is 2.84. The van der Waals surface area contributed by atoms with E-state index in [2.05, 4.69) is 15.7 Å². The minimum absolute atomic E-state index is 0.128. The number of rotatable bonds is 7. The summed E-state index contributed by atoms with van der Waals surface area (Å²) in [7, 11) is 1.64. The van der Waals surface area contributed by atoms with E-state index < -0.39 is 0 Å². The minimum atomic E-state index is -0.128. The highest BCUT2D eigenvalue weighted by Crippen LogP contribution is 2.17. The van der Waals surface area contributed by atoms with E-state index in [1.807, 2.05) is 13.8 Å². The fraction of sp³-hybridized carbons (Fsp3) is 0.538. The maximum absolute atomic E-state index is 12.0. The molecule has 106 valence electrons. The molecular formula is C13H22N4O2. The van der Waals surface area contributed by atoms with Gasteiger partial charge in [-0.3, -0.25) is 4.79 Å². The Bertz CT molecular complexity index is 421. The molecule has 6 nitrogen and oxygen atoms in total. The SMILES string of the molecule is COCCCNC(=O)c1cc(NN)nc(C(C)C)c1. The molecule has 0 aliphatic heterocycles. The molecule has 0 aliphatic carbocycles. The van der Waals surface area contributed by atoms with E-state index in [0.29, 0.717) is 24.5 Å². The summed E-state index contributed by atoms with van der Waals surface area (Å²) in [6, 6.07) is 3.43. The number of methoxy groups -OCH3 is 1. The molecule has 0 aliphatic rings. The van der Waals surface area contributed by atoms with Crippen molar-refractivity contribution in [3.63, 3.8) is 0 Å². The lowest BCUT2D eigenvalue weighted by Crippen LogP contribution is -2.26. The molecule has 1 aromatic rings. The number of nitrogens with one attached hydrogen (secondary N) is 2. The molecule has 1 aromatic heterocycles. The number of nitrogen functional groups attached to an aromatic ring is 1. The van der Waals surface area contributed by atoms with Gasteiger partial charge >= 0.3 is 0 Å². The van der Waals surface area contributed by atoms with Gasteiger partial charge in [-0.1, -0.05) is 13.8 Å². The van der Waals surface area contributed by atoms with Gasteiger partial charge in [0.1, 0.15) is 5.82 Å². The second-order valence-electron chi connectivity index (χ2n) is 4.57. The quantitative estimate of drug-likeness (QED) is 0.393. The Kier molecular flexibility index (Phi) is 6.24. The van der Waals surface area contributed by atoms with Crippen LogP contribution in [0.4, 0.5) is 5.82 Å². The maximum atomic E-state index is 12.0. The van der Waals surface area contributed by atoms with Crippen molar-refractivity contribution >= 4 is 11.7 Å². The number of carbonyl (C=O) groups is 1. The van der Waals surface area contributed by atoms with E-state index in [-0.39, 0.29) is 11.8 Å². The lowest BCUT2D eigenvalue weighted by Gasteiger charge is -2.11. The highest BCUT2D eigenvalue weighted by atomic mass is 16.5. The normalized spacial score (nSPS) is 10.6.